The van der Waals surface area contributed by atoms with Gasteiger partial charge in [0, 0.05) is 23.6 Å². The number of aromatic nitrogens is 2. The van der Waals surface area contributed by atoms with Gasteiger partial charge in [-0.2, -0.15) is 0 Å². The Labute approximate surface area is 194 Å². The summed E-state index contributed by atoms with van der Waals surface area (Å²) in [6.07, 6.45) is 0. The second kappa shape index (κ2) is 9.62. The van der Waals surface area contributed by atoms with Gasteiger partial charge in [-0.3, -0.25) is 19.7 Å². The van der Waals surface area contributed by atoms with E-state index in [0.717, 1.165) is 16.7 Å². The molecule has 3 N–H and O–H groups in total. The highest BCUT2D eigenvalue weighted by Crippen LogP contribution is 2.26. The van der Waals surface area contributed by atoms with Gasteiger partial charge in [-0.05, 0) is 30.2 Å². The van der Waals surface area contributed by atoms with Gasteiger partial charge in [-0.1, -0.05) is 54.6 Å². The quantitative estimate of drug-likeness (QED) is 0.392. The summed E-state index contributed by atoms with van der Waals surface area (Å²) < 4.78 is 0. The van der Waals surface area contributed by atoms with Gasteiger partial charge in [0.15, 0.2) is 5.13 Å². The molecule has 0 bridgehead atoms. The van der Waals surface area contributed by atoms with Crippen molar-refractivity contribution < 1.29 is 9.59 Å². The van der Waals surface area contributed by atoms with Gasteiger partial charge in [0.1, 0.15) is 5.56 Å². The van der Waals surface area contributed by atoms with Crippen molar-refractivity contribution in [2.75, 3.05) is 5.32 Å². The van der Waals surface area contributed by atoms with Crippen molar-refractivity contribution in [3.8, 4) is 22.5 Å². The molecular weight excluding hydrogens is 436 g/mol. The first kappa shape index (κ1) is 22.2. The van der Waals surface area contributed by atoms with Gasteiger partial charge in [0.25, 0.3) is 11.5 Å². The Kier molecular flexibility index (Phi) is 6.46. The summed E-state index contributed by atoms with van der Waals surface area (Å²) in [4.78, 5) is 43.6. The number of anilines is 1. The summed E-state index contributed by atoms with van der Waals surface area (Å²) in [5.74, 6) is -0.601. The van der Waals surface area contributed by atoms with E-state index in [9.17, 15) is 14.4 Å². The topological polar surface area (TPSA) is 104 Å². The molecule has 0 unspecified atom stereocenters. The molecule has 0 radical (unpaired) electrons. The van der Waals surface area contributed by atoms with Crippen LogP contribution in [-0.4, -0.2) is 21.8 Å². The standard InChI is InChI=1S/C25H22N4O3S/c1-15(26-16(2)30)17-8-10-19(11-9-17)22-14-33-25(28-22)29-24(32)20-12-13-21(27-23(20)31)18-6-4-3-5-7-18/h3-15H,1-2H3,(H,26,30)(H,27,31)(H,28,29,32)/t15-/m1/s1. The van der Waals surface area contributed by atoms with E-state index in [-0.39, 0.29) is 17.5 Å². The lowest BCUT2D eigenvalue weighted by Crippen LogP contribution is -2.23. The largest absolute Gasteiger partial charge is 0.350 e. The Bertz CT molecular complexity index is 1340. The maximum atomic E-state index is 12.6. The molecule has 4 rings (SSSR count). The van der Waals surface area contributed by atoms with E-state index in [1.807, 2.05) is 66.9 Å². The van der Waals surface area contributed by atoms with Crippen LogP contribution in [0.15, 0.2) is 76.9 Å². The Morgan fingerprint density at radius 2 is 1.70 bits per heavy atom. The number of thiazole rings is 1. The number of hydrogen-bond acceptors (Lipinski definition) is 5. The number of aromatic amines is 1. The molecule has 0 spiro atoms. The maximum absolute atomic E-state index is 12.6. The summed E-state index contributed by atoms with van der Waals surface area (Å²) in [7, 11) is 0. The molecule has 33 heavy (non-hydrogen) atoms. The lowest BCUT2D eigenvalue weighted by Gasteiger charge is -2.13. The van der Waals surface area contributed by atoms with Crippen molar-refractivity contribution in [2.45, 2.75) is 19.9 Å². The molecule has 2 amide bonds. The first-order valence-electron chi connectivity index (χ1n) is 10.3. The molecule has 2 heterocycles. The van der Waals surface area contributed by atoms with Gasteiger partial charge < -0.3 is 10.3 Å². The van der Waals surface area contributed by atoms with Crippen LogP contribution in [0, 0.1) is 0 Å². The van der Waals surface area contributed by atoms with Crippen LogP contribution in [0.4, 0.5) is 5.13 Å². The third-order valence-electron chi connectivity index (χ3n) is 5.09. The van der Waals surface area contributed by atoms with E-state index in [2.05, 4.69) is 20.6 Å². The number of nitrogens with zero attached hydrogens (tertiary/aromatic N) is 1. The van der Waals surface area contributed by atoms with Crippen molar-refractivity contribution >= 4 is 28.3 Å². The number of amides is 2. The molecule has 0 fully saturated rings. The number of benzene rings is 2. The smallest absolute Gasteiger partial charge is 0.263 e. The van der Waals surface area contributed by atoms with Crippen molar-refractivity contribution in [1.29, 1.82) is 0 Å². The van der Waals surface area contributed by atoms with Crippen molar-refractivity contribution in [1.82, 2.24) is 15.3 Å². The first-order chi connectivity index (χ1) is 15.9. The predicted molar refractivity (Wildman–Crippen MR) is 130 cm³/mol. The highest BCUT2D eigenvalue weighted by molar-refractivity contribution is 7.14. The first-order valence-corrected chi connectivity index (χ1v) is 11.2. The van der Waals surface area contributed by atoms with Crippen molar-refractivity contribution in [3.63, 3.8) is 0 Å². The molecule has 166 valence electrons. The minimum absolute atomic E-state index is 0.0164. The molecule has 8 heteroatoms. The minimum Gasteiger partial charge on any atom is -0.350 e. The van der Waals surface area contributed by atoms with Gasteiger partial charge in [-0.25, -0.2) is 4.98 Å². The fraction of sp³-hybridized carbons (Fsp3) is 0.120. The molecule has 0 aliphatic carbocycles. The predicted octanol–water partition coefficient (Wildman–Crippen LogP) is 4.61. The lowest BCUT2D eigenvalue weighted by molar-refractivity contribution is -0.119. The summed E-state index contributed by atoms with van der Waals surface area (Å²) >= 11 is 1.28. The number of carbonyl (C=O) groups is 2. The zero-order valence-corrected chi connectivity index (χ0v) is 18.9. The van der Waals surface area contributed by atoms with E-state index in [4.69, 9.17) is 0 Å². The third kappa shape index (κ3) is 5.24. The van der Waals surface area contributed by atoms with E-state index < -0.39 is 11.5 Å². The fourth-order valence-electron chi connectivity index (χ4n) is 3.40. The average molecular weight is 459 g/mol. The molecule has 4 aromatic rings. The second-order valence-corrected chi connectivity index (χ2v) is 8.38. The van der Waals surface area contributed by atoms with Crippen molar-refractivity contribution in [2.24, 2.45) is 0 Å². The third-order valence-corrected chi connectivity index (χ3v) is 5.85. The van der Waals surface area contributed by atoms with Crippen LogP contribution in [-0.2, 0) is 4.79 Å². The summed E-state index contributed by atoms with van der Waals surface area (Å²) in [6, 6.07) is 20.3. The second-order valence-electron chi connectivity index (χ2n) is 7.52. The normalized spacial score (nSPS) is 11.6. The van der Waals surface area contributed by atoms with Crippen molar-refractivity contribution in [3.05, 3.63) is 93.6 Å². The Hall–Kier alpha value is -4.04. The van der Waals surface area contributed by atoms with E-state index in [0.29, 0.717) is 16.5 Å². The lowest BCUT2D eigenvalue weighted by atomic mass is 10.1. The average Bonchev–Trinajstić information content (AvgIpc) is 3.27. The molecule has 0 aliphatic rings. The van der Waals surface area contributed by atoms with Crippen LogP contribution in [0.5, 0.6) is 0 Å². The highest BCUT2D eigenvalue weighted by Gasteiger charge is 2.14. The zero-order chi connectivity index (χ0) is 23.4. The Morgan fingerprint density at radius 3 is 2.36 bits per heavy atom. The molecule has 2 aromatic heterocycles. The number of rotatable bonds is 6. The monoisotopic (exact) mass is 458 g/mol. The Morgan fingerprint density at radius 1 is 0.970 bits per heavy atom. The summed E-state index contributed by atoms with van der Waals surface area (Å²) in [5.41, 5.74) is 3.64. The van der Waals surface area contributed by atoms with Gasteiger partial charge >= 0.3 is 0 Å². The van der Waals surface area contributed by atoms with Crippen LogP contribution < -0.4 is 16.2 Å². The molecule has 0 aliphatic heterocycles. The van der Waals surface area contributed by atoms with Gasteiger partial charge in [0.2, 0.25) is 5.91 Å². The van der Waals surface area contributed by atoms with Crippen LogP contribution in [0.3, 0.4) is 0 Å². The zero-order valence-electron chi connectivity index (χ0n) is 18.1. The molecule has 1 atom stereocenters. The van der Waals surface area contributed by atoms with Gasteiger partial charge in [-0.15, -0.1) is 11.3 Å². The maximum Gasteiger partial charge on any atom is 0.263 e. The molecule has 0 saturated heterocycles. The van der Waals surface area contributed by atoms with Crippen LogP contribution >= 0.6 is 11.3 Å². The summed E-state index contributed by atoms with van der Waals surface area (Å²) in [5, 5.41) is 7.79. The highest BCUT2D eigenvalue weighted by atomic mass is 32.1. The van der Waals surface area contributed by atoms with Crippen LogP contribution in [0.25, 0.3) is 22.5 Å². The van der Waals surface area contributed by atoms with E-state index in [1.165, 1.54) is 24.3 Å². The number of carbonyl (C=O) groups excluding carboxylic acids is 2. The number of H-pyrrole nitrogens is 1. The van der Waals surface area contributed by atoms with Crippen LogP contribution in [0.1, 0.15) is 35.8 Å². The summed E-state index contributed by atoms with van der Waals surface area (Å²) in [6.45, 7) is 3.41. The molecule has 7 nitrogen and oxygen atoms in total. The number of nitrogens with one attached hydrogen (secondary N) is 3. The SMILES string of the molecule is CC(=O)N[C@H](C)c1ccc(-c2csc(NC(=O)c3ccc(-c4ccccc4)[nH]c3=O)n2)cc1. The van der Waals surface area contributed by atoms with Gasteiger partial charge in [0.05, 0.1) is 11.7 Å². The number of hydrogen-bond donors (Lipinski definition) is 3. The fourth-order valence-corrected chi connectivity index (χ4v) is 4.11. The minimum atomic E-state index is -0.517. The van der Waals surface area contributed by atoms with Crippen LogP contribution in [0.2, 0.25) is 0 Å². The molecular formula is C25H22N4O3S. The Balaban J connectivity index is 1.46. The van der Waals surface area contributed by atoms with E-state index in [1.54, 1.807) is 6.07 Å². The molecule has 0 saturated carbocycles. The van der Waals surface area contributed by atoms with E-state index >= 15 is 0 Å². The molecule has 2 aromatic carbocycles. The number of pyridine rings is 1.